The summed E-state index contributed by atoms with van der Waals surface area (Å²) in [6, 6.07) is 10.3. The number of ether oxygens (including phenoxy) is 5. The molecule has 1 aliphatic rings. The van der Waals surface area contributed by atoms with E-state index in [-0.39, 0.29) is 0 Å². The van der Waals surface area contributed by atoms with Gasteiger partial charge >= 0.3 is 5.97 Å². The van der Waals surface area contributed by atoms with Crippen LogP contribution in [0.25, 0.3) is 0 Å². The third kappa shape index (κ3) is 7.78. The van der Waals surface area contributed by atoms with Crippen molar-refractivity contribution in [3.05, 3.63) is 42.0 Å². The van der Waals surface area contributed by atoms with Crippen LogP contribution in [0.1, 0.15) is 38.1 Å². The first kappa shape index (κ1) is 27.1. The number of carbonyl (C=O) groups is 2. The molecule has 1 amide bonds. The van der Waals surface area contributed by atoms with E-state index in [1.54, 1.807) is 30.3 Å². The van der Waals surface area contributed by atoms with E-state index in [9.17, 15) is 9.59 Å². The van der Waals surface area contributed by atoms with E-state index in [1.165, 1.54) is 0 Å². The number of hydrogen-bond acceptors (Lipinski definition) is 8. The smallest absolute Gasteiger partial charge is 0.338 e. The van der Waals surface area contributed by atoms with Crippen molar-refractivity contribution in [1.29, 1.82) is 0 Å². The van der Waals surface area contributed by atoms with Gasteiger partial charge < -0.3 is 33.9 Å². The Balaban J connectivity index is 1.65. The van der Waals surface area contributed by atoms with Crippen LogP contribution in [0.3, 0.4) is 0 Å². The summed E-state index contributed by atoms with van der Waals surface area (Å²) in [7, 11) is 0. The number of esters is 1. The molecule has 0 radical (unpaired) electrons. The van der Waals surface area contributed by atoms with Gasteiger partial charge in [-0.25, -0.2) is 4.79 Å². The summed E-state index contributed by atoms with van der Waals surface area (Å²) in [6.45, 7) is 11.7. The Labute approximate surface area is 212 Å². The zero-order valence-corrected chi connectivity index (χ0v) is 21.5. The third-order valence-corrected chi connectivity index (χ3v) is 5.29. The molecule has 2 aromatic rings. The van der Waals surface area contributed by atoms with Crippen molar-refractivity contribution in [2.24, 2.45) is 5.92 Å². The van der Waals surface area contributed by atoms with Crippen LogP contribution in [-0.2, 0) is 14.3 Å². The predicted octanol–water partition coefficient (Wildman–Crippen LogP) is 4.15. The first-order valence-electron chi connectivity index (χ1n) is 12.4. The zero-order valence-electron chi connectivity index (χ0n) is 21.5. The maximum absolute atomic E-state index is 12.6. The Bertz CT molecular complexity index is 1000. The van der Waals surface area contributed by atoms with E-state index < -0.39 is 18.5 Å². The normalized spacial score (nSPS) is 13.3. The molecule has 1 saturated heterocycles. The SMILES string of the molecule is CCOc1cc(N2CCOCC2)c(OCC)cc1NC(=O)COC(=O)c1ccc(OCC(C)C)cc1. The average Bonchev–Trinajstić information content (AvgIpc) is 2.88. The first-order chi connectivity index (χ1) is 17.4. The number of hydrogen-bond donors (Lipinski definition) is 1. The molecule has 0 aliphatic carbocycles. The van der Waals surface area contributed by atoms with E-state index in [4.69, 9.17) is 23.7 Å². The number of rotatable bonds is 12. The van der Waals surface area contributed by atoms with Crippen LogP contribution in [0.4, 0.5) is 11.4 Å². The topological polar surface area (TPSA) is 95.6 Å². The molecule has 1 N–H and O–H groups in total. The van der Waals surface area contributed by atoms with Gasteiger partial charge in [-0.05, 0) is 44.0 Å². The Morgan fingerprint density at radius 3 is 2.28 bits per heavy atom. The molecule has 0 atom stereocenters. The lowest BCUT2D eigenvalue weighted by Gasteiger charge is -2.31. The molecule has 9 heteroatoms. The molecular formula is C27H36N2O7. The molecule has 2 aromatic carbocycles. The van der Waals surface area contributed by atoms with Gasteiger partial charge in [-0.3, -0.25) is 4.79 Å². The van der Waals surface area contributed by atoms with E-state index in [2.05, 4.69) is 24.1 Å². The number of anilines is 2. The van der Waals surface area contributed by atoms with Crippen LogP contribution in [0, 0.1) is 5.92 Å². The molecule has 36 heavy (non-hydrogen) atoms. The lowest BCUT2D eigenvalue weighted by Crippen LogP contribution is -2.36. The van der Waals surface area contributed by atoms with E-state index >= 15 is 0 Å². The third-order valence-electron chi connectivity index (χ3n) is 5.29. The summed E-state index contributed by atoms with van der Waals surface area (Å²) < 4.78 is 27.9. The Morgan fingerprint density at radius 1 is 0.972 bits per heavy atom. The second-order valence-corrected chi connectivity index (χ2v) is 8.64. The van der Waals surface area contributed by atoms with Crippen molar-refractivity contribution in [1.82, 2.24) is 0 Å². The highest BCUT2D eigenvalue weighted by molar-refractivity contribution is 5.97. The van der Waals surface area contributed by atoms with Crippen LogP contribution < -0.4 is 24.4 Å². The molecule has 9 nitrogen and oxygen atoms in total. The molecule has 0 saturated carbocycles. The van der Waals surface area contributed by atoms with Gasteiger partial charge in [0.15, 0.2) is 6.61 Å². The Kier molecular flexibility index (Phi) is 10.2. The van der Waals surface area contributed by atoms with Crippen LogP contribution in [0.15, 0.2) is 36.4 Å². The minimum Gasteiger partial charge on any atom is -0.493 e. The largest absolute Gasteiger partial charge is 0.493 e. The van der Waals surface area contributed by atoms with Crippen LogP contribution >= 0.6 is 0 Å². The van der Waals surface area contributed by atoms with Gasteiger partial charge in [0.25, 0.3) is 5.91 Å². The highest BCUT2D eigenvalue weighted by atomic mass is 16.5. The standard InChI is InChI=1S/C27H36N2O7/c1-5-33-24-16-23(29-11-13-32-14-12-29)25(34-6-2)15-22(24)28-26(30)18-36-27(31)20-7-9-21(10-8-20)35-17-19(3)4/h7-10,15-16,19H,5-6,11-14,17-18H2,1-4H3,(H,28,30). The number of carbonyl (C=O) groups excluding carboxylic acids is 2. The Morgan fingerprint density at radius 2 is 1.64 bits per heavy atom. The fourth-order valence-corrected chi connectivity index (χ4v) is 3.60. The molecule has 0 bridgehead atoms. The minimum absolute atomic E-state index is 0.336. The molecule has 0 unspecified atom stereocenters. The van der Waals surface area contributed by atoms with Gasteiger partial charge in [0.05, 0.1) is 50.0 Å². The van der Waals surface area contributed by atoms with Crippen molar-refractivity contribution in [2.75, 3.05) is 62.9 Å². The van der Waals surface area contributed by atoms with Crippen LogP contribution in [-0.4, -0.2) is 64.6 Å². The van der Waals surface area contributed by atoms with Gasteiger partial charge in [-0.2, -0.15) is 0 Å². The molecule has 1 fully saturated rings. The summed E-state index contributed by atoms with van der Waals surface area (Å²) >= 11 is 0. The summed E-state index contributed by atoms with van der Waals surface area (Å²) in [6.07, 6.45) is 0. The lowest BCUT2D eigenvalue weighted by molar-refractivity contribution is -0.119. The van der Waals surface area contributed by atoms with Crippen molar-refractivity contribution in [3.8, 4) is 17.2 Å². The number of benzene rings is 2. The molecule has 1 heterocycles. The van der Waals surface area contributed by atoms with E-state index in [1.807, 2.05) is 19.9 Å². The highest BCUT2D eigenvalue weighted by Gasteiger charge is 2.21. The summed E-state index contributed by atoms with van der Waals surface area (Å²) in [5.74, 6) is 1.14. The summed E-state index contributed by atoms with van der Waals surface area (Å²) in [4.78, 5) is 27.2. The second kappa shape index (κ2) is 13.6. The summed E-state index contributed by atoms with van der Waals surface area (Å²) in [5.41, 5.74) is 1.67. The molecule has 0 spiro atoms. The van der Waals surface area contributed by atoms with Gasteiger partial charge in [0.1, 0.15) is 17.2 Å². The fraction of sp³-hybridized carbons (Fsp3) is 0.481. The summed E-state index contributed by atoms with van der Waals surface area (Å²) in [5, 5.41) is 2.78. The van der Waals surface area contributed by atoms with Crippen molar-refractivity contribution in [3.63, 3.8) is 0 Å². The van der Waals surface area contributed by atoms with Crippen LogP contribution in [0.5, 0.6) is 17.2 Å². The number of nitrogens with one attached hydrogen (secondary N) is 1. The predicted molar refractivity (Wildman–Crippen MR) is 137 cm³/mol. The maximum Gasteiger partial charge on any atom is 0.338 e. The molecule has 196 valence electrons. The molecule has 3 rings (SSSR count). The zero-order chi connectivity index (χ0) is 25.9. The minimum atomic E-state index is -0.594. The highest BCUT2D eigenvalue weighted by Crippen LogP contribution is 2.39. The molecular weight excluding hydrogens is 464 g/mol. The van der Waals surface area contributed by atoms with E-state index in [0.717, 1.165) is 18.8 Å². The lowest BCUT2D eigenvalue weighted by atomic mass is 10.2. The number of morpholine rings is 1. The van der Waals surface area contributed by atoms with Gasteiger partial charge in [-0.15, -0.1) is 0 Å². The van der Waals surface area contributed by atoms with E-state index in [0.29, 0.717) is 67.5 Å². The Hall–Kier alpha value is -3.46. The van der Waals surface area contributed by atoms with Crippen molar-refractivity contribution >= 4 is 23.3 Å². The molecule has 0 aromatic heterocycles. The first-order valence-corrected chi connectivity index (χ1v) is 12.4. The average molecular weight is 501 g/mol. The molecule has 1 aliphatic heterocycles. The number of amides is 1. The number of nitrogens with zero attached hydrogens (tertiary/aromatic N) is 1. The van der Waals surface area contributed by atoms with Crippen LogP contribution in [0.2, 0.25) is 0 Å². The van der Waals surface area contributed by atoms with Crippen molar-refractivity contribution < 1.29 is 33.3 Å². The monoisotopic (exact) mass is 500 g/mol. The quantitative estimate of drug-likeness (QED) is 0.434. The maximum atomic E-state index is 12.6. The van der Waals surface area contributed by atoms with Gasteiger partial charge in [0, 0.05) is 25.2 Å². The fourth-order valence-electron chi connectivity index (χ4n) is 3.60. The van der Waals surface area contributed by atoms with Gasteiger partial charge in [0.2, 0.25) is 0 Å². The van der Waals surface area contributed by atoms with Crippen molar-refractivity contribution in [2.45, 2.75) is 27.7 Å². The second-order valence-electron chi connectivity index (χ2n) is 8.64. The van der Waals surface area contributed by atoms with Gasteiger partial charge in [-0.1, -0.05) is 13.8 Å².